The molecule has 0 aromatic heterocycles. The van der Waals surface area contributed by atoms with Crippen LogP contribution in [0.2, 0.25) is 0 Å². The van der Waals surface area contributed by atoms with Crippen LogP contribution >= 0.6 is 0 Å². The fourth-order valence-electron chi connectivity index (χ4n) is 1.68. The van der Waals surface area contributed by atoms with E-state index < -0.39 is 0 Å². The van der Waals surface area contributed by atoms with Gasteiger partial charge in [-0.2, -0.15) is 0 Å². The van der Waals surface area contributed by atoms with E-state index in [0.29, 0.717) is 0 Å². The molecule has 4 N–H and O–H groups in total. The van der Waals surface area contributed by atoms with Crippen molar-refractivity contribution < 1.29 is 0 Å². The standard InChI is InChI=1S/C9H22N2/c1-3-5-9(7-10,8-11)6-4-2/h3-8,10-11H2,1-2H3. The van der Waals surface area contributed by atoms with Crippen LogP contribution in [0.25, 0.3) is 0 Å². The van der Waals surface area contributed by atoms with Crippen LogP contribution in [-0.2, 0) is 0 Å². The quantitative estimate of drug-likeness (QED) is 0.615. The number of rotatable bonds is 6. The smallest absolute Gasteiger partial charge is 0.000844 e. The molecule has 11 heavy (non-hydrogen) atoms. The van der Waals surface area contributed by atoms with Gasteiger partial charge in [0.2, 0.25) is 0 Å². The molecule has 0 rings (SSSR count). The van der Waals surface area contributed by atoms with Crippen LogP contribution in [0.1, 0.15) is 39.5 Å². The van der Waals surface area contributed by atoms with Crippen LogP contribution < -0.4 is 11.5 Å². The molecule has 0 bridgehead atoms. The van der Waals surface area contributed by atoms with Crippen LogP contribution in [0, 0.1) is 5.41 Å². The zero-order chi connectivity index (χ0) is 8.74. The molecule has 0 saturated carbocycles. The van der Waals surface area contributed by atoms with Crippen LogP contribution in [0.4, 0.5) is 0 Å². The zero-order valence-electron chi connectivity index (χ0n) is 7.90. The first kappa shape index (κ1) is 10.9. The highest BCUT2D eigenvalue weighted by Gasteiger charge is 2.24. The summed E-state index contributed by atoms with van der Waals surface area (Å²) in [7, 11) is 0. The Morgan fingerprint density at radius 1 is 0.909 bits per heavy atom. The molecule has 0 radical (unpaired) electrons. The predicted molar refractivity (Wildman–Crippen MR) is 50.4 cm³/mol. The van der Waals surface area contributed by atoms with Crippen LogP contribution in [0.15, 0.2) is 0 Å². The van der Waals surface area contributed by atoms with Gasteiger partial charge in [0, 0.05) is 0 Å². The van der Waals surface area contributed by atoms with Crippen molar-refractivity contribution in [2.24, 2.45) is 16.9 Å². The van der Waals surface area contributed by atoms with Gasteiger partial charge in [0.15, 0.2) is 0 Å². The average molecular weight is 158 g/mol. The summed E-state index contributed by atoms with van der Waals surface area (Å²) in [5.41, 5.74) is 11.7. The molecule has 0 aliphatic heterocycles. The average Bonchev–Trinajstić information content (AvgIpc) is 2.04. The Balaban J connectivity index is 3.96. The third-order valence-electron chi connectivity index (χ3n) is 2.43. The van der Waals surface area contributed by atoms with Gasteiger partial charge < -0.3 is 11.5 Å². The molecule has 0 saturated heterocycles. The molecule has 2 heteroatoms. The monoisotopic (exact) mass is 158 g/mol. The lowest BCUT2D eigenvalue weighted by molar-refractivity contribution is 0.255. The molecule has 0 spiro atoms. The van der Waals surface area contributed by atoms with Crippen molar-refractivity contribution in [2.75, 3.05) is 13.1 Å². The van der Waals surface area contributed by atoms with Crippen molar-refractivity contribution in [2.45, 2.75) is 39.5 Å². The number of hydrogen-bond acceptors (Lipinski definition) is 2. The van der Waals surface area contributed by atoms with E-state index in [9.17, 15) is 0 Å². The van der Waals surface area contributed by atoms with E-state index in [1.54, 1.807) is 0 Å². The van der Waals surface area contributed by atoms with E-state index in [1.807, 2.05) is 0 Å². The van der Waals surface area contributed by atoms with Crippen molar-refractivity contribution in [3.05, 3.63) is 0 Å². The van der Waals surface area contributed by atoms with Gasteiger partial charge in [-0.1, -0.05) is 26.7 Å². The topological polar surface area (TPSA) is 52.0 Å². The number of nitrogens with two attached hydrogens (primary N) is 2. The Bertz CT molecular complexity index is 79.6. The van der Waals surface area contributed by atoms with Gasteiger partial charge >= 0.3 is 0 Å². The Morgan fingerprint density at radius 2 is 1.27 bits per heavy atom. The van der Waals surface area contributed by atoms with Gasteiger partial charge in [0.05, 0.1) is 0 Å². The highest BCUT2D eigenvalue weighted by molar-refractivity contribution is 4.80. The van der Waals surface area contributed by atoms with E-state index in [2.05, 4.69) is 13.8 Å². The fraction of sp³-hybridized carbons (Fsp3) is 1.00. The van der Waals surface area contributed by atoms with Crippen molar-refractivity contribution in [1.29, 1.82) is 0 Å². The third kappa shape index (κ3) is 3.21. The maximum Gasteiger partial charge on any atom is -0.000844 e. The largest absolute Gasteiger partial charge is 0.330 e. The zero-order valence-corrected chi connectivity index (χ0v) is 7.90. The van der Waals surface area contributed by atoms with Crippen LogP contribution in [0.5, 0.6) is 0 Å². The van der Waals surface area contributed by atoms with Crippen molar-refractivity contribution in [1.82, 2.24) is 0 Å². The van der Waals surface area contributed by atoms with Crippen LogP contribution in [-0.4, -0.2) is 13.1 Å². The van der Waals surface area contributed by atoms with Gasteiger partial charge in [-0.15, -0.1) is 0 Å². The molecular formula is C9H22N2. The highest BCUT2D eigenvalue weighted by Crippen LogP contribution is 2.26. The predicted octanol–water partition coefficient (Wildman–Crippen LogP) is 1.49. The lowest BCUT2D eigenvalue weighted by Gasteiger charge is -2.30. The molecule has 0 aromatic rings. The molecule has 68 valence electrons. The summed E-state index contributed by atoms with van der Waals surface area (Å²) in [4.78, 5) is 0. The molecule has 0 unspecified atom stereocenters. The minimum atomic E-state index is 0.240. The van der Waals surface area contributed by atoms with Gasteiger partial charge in [-0.3, -0.25) is 0 Å². The fourth-order valence-corrected chi connectivity index (χ4v) is 1.68. The van der Waals surface area contributed by atoms with E-state index in [0.717, 1.165) is 13.1 Å². The Hall–Kier alpha value is -0.0800. The normalized spacial score (nSPS) is 12.0. The second kappa shape index (κ2) is 5.56. The van der Waals surface area contributed by atoms with E-state index in [1.165, 1.54) is 25.7 Å². The molecule has 0 aliphatic carbocycles. The van der Waals surface area contributed by atoms with Gasteiger partial charge in [-0.25, -0.2) is 0 Å². The van der Waals surface area contributed by atoms with Crippen molar-refractivity contribution >= 4 is 0 Å². The molecule has 0 aliphatic rings. The molecule has 0 fully saturated rings. The summed E-state index contributed by atoms with van der Waals surface area (Å²) in [6.07, 6.45) is 4.73. The molecule has 0 atom stereocenters. The third-order valence-corrected chi connectivity index (χ3v) is 2.43. The SMILES string of the molecule is CCCC(CN)(CN)CCC. The van der Waals surface area contributed by atoms with Gasteiger partial charge in [-0.05, 0) is 31.3 Å². The van der Waals surface area contributed by atoms with Crippen LogP contribution in [0.3, 0.4) is 0 Å². The summed E-state index contributed by atoms with van der Waals surface area (Å²) in [6.45, 7) is 5.86. The molecule has 0 heterocycles. The lowest BCUT2D eigenvalue weighted by atomic mass is 9.79. The lowest BCUT2D eigenvalue weighted by Crippen LogP contribution is -2.37. The maximum absolute atomic E-state index is 5.71. The van der Waals surface area contributed by atoms with E-state index in [-0.39, 0.29) is 5.41 Å². The summed E-state index contributed by atoms with van der Waals surface area (Å²) < 4.78 is 0. The molecular weight excluding hydrogens is 136 g/mol. The van der Waals surface area contributed by atoms with Gasteiger partial charge in [0.1, 0.15) is 0 Å². The second-order valence-corrected chi connectivity index (χ2v) is 3.41. The first-order valence-corrected chi connectivity index (χ1v) is 4.64. The Labute approximate surface area is 70.3 Å². The van der Waals surface area contributed by atoms with E-state index in [4.69, 9.17) is 11.5 Å². The molecule has 0 amide bonds. The maximum atomic E-state index is 5.71. The first-order valence-electron chi connectivity index (χ1n) is 4.64. The first-order chi connectivity index (χ1) is 5.24. The Morgan fingerprint density at radius 3 is 1.45 bits per heavy atom. The highest BCUT2D eigenvalue weighted by atomic mass is 14.7. The minimum absolute atomic E-state index is 0.240. The van der Waals surface area contributed by atoms with Crippen molar-refractivity contribution in [3.8, 4) is 0 Å². The van der Waals surface area contributed by atoms with E-state index >= 15 is 0 Å². The van der Waals surface area contributed by atoms with Gasteiger partial charge in [0.25, 0.3) is 0 Å². The summed E-state index contributed by atoms with van der Waals surface area (Å²) in [6, 6.07) is 0. The Kier molecular flexibility index (Phi) is 5.51. The minimum Gasteiger partial charge on any atom is -0.330 e. The second-order valence-electron chi connectivity index (χ2n) is 3.41. The number of hydrogen-bond donors (Lipinski definition) is 2. The molecule has 0 aromatic carbocycles. The summed E-state index contributed by atoms with van der Waals surface area (Å²) >= 11 is 0. The van der Waals surface area contributed by atoms with Crippen molar-refractivity contribution in [3.63, 3.8) is 0 Å². The summed E-state index contributed by atoms with van der Waals surface area (Å²) in [5, 5.41) is 0. The molecule has 2 nitrogen and oxygen atoms in total. The summed E-state index contributed by atoms with van der Waals surface area (Å²) in [5.74, 6) is 0.